The third kappa shape index (κ3) is 3.81. The number of hydrogen-bond acceptors (Lipinski definition) is 4. The molecule has 1 aliphatic rings. The summed E-state index contributed by atoms with van der Waals surface area (Å²) in [5.74, 6) is -0.200. The molecule has 0 atom stereocenters. The number of anilines is 1. The number of amides is 1. The molecule has 0 aliphatic carbocycles. The van der Waals surface area contributed by atoms with Crippen molar-refractivity contribution in [1.29, 1.82) is 0 Å². The molecule has 150 valence electrons. The van der Waals surface area contributed by atoms with Gasteiger partial charge in [-0.3, -0.25) is 9.59 Å². The van der Waals surface area contributed by atoms with Crippen LogP contribution in [0.25, 0.3) is 10.9 Å². The predicted molar refractivity (Wildman–Crippen MR) is 113 cm³/mol. The zero-order valence-electron chi connectivity index (χ0n) is 15.9. The van der Waals surface area contributed by atoms with Crippen molar-refractivity contribution in [1.82, 2.24) is 9.29 Å². The highest BCUT2D eigenvalue weighted by atomic mass is 32.2. The molecule has 0 spiro atoms. The molecule has 1 fully saturated rings. The second kappa shape index (κ2) is 7.46. The molecule has 1 aliphatic heterocycles. The molecule has 4 rings (SSSR count). The van der Waals surface area contributed by atoms with E-state index in [1.165, 1.54) is 4.31 Å². The Bertz CT molecular complexity index is 1260. The van der Waals surface area contributed by atoms with Crippen molar-refractivity contribution in [2.75, 3.05) is 17.6 Å². The first-order valence-electron chi connectivity index (χ1n) is 9.35. The van der Waals surface area contributed by atoms with E-state index in [1.54, 1.807) is 43.3 Å². The highest BCUT2D eigenvalue weighted by Gasteiger charge is 2.28. The first kappa shape index (κ1) is 19.4. The molecule has 0 unspecified atom stereocenters. The highest BCUT2D eigenvalue weighted by Crippen LogP contribution is 2.22. The van der Waals surface area contributed by atoms with E-state index < -0.39 is 10.0 Å². The number of benzene rings is 2. The Morgan fingerprint density at radius 1 is 1.17 bits per heavy atom. The second-order valence-corrected chi connectivity index (χ2v) is 9.25. The molecule has 7 nitrogen and oxygen atoms in total. The fourth-order valence-corrected chi connectivity index (χ4v) is 5.15. The van der Waals surface area contributed by atoms with Crippen LogP contribution in [0.2, 0.25) is 0 Å². The summed E-state index contributed by atoms with van der Waals surface area (Å²) in [5, 5.41) is 3.51. The van der Waals surface area contributed by atoms with Gasteiger partial charge >= 0.3 is 0 Å². The van der Waals surface area contributed by atoms with Gasteiger partial charge in [0, 0.05) is 35.2 Å². The van der Waals surface area contributed by atoms with Crippen LogP contribution in [0.5, 0.6) is 0 Å². The Morgan fingerprint density at radius 3 is 2.72 bits per heavy atom. The fourth-order valence-electron chi connectivity index (χ4n) is 3.65. The minimum Gasteiger partial charge on any atom is -0.322 e. The van der Waals surface area contributed by atoms with Crippen LogP contribution in [0.1, 0.15) is 27.9 Å². The van der Waals surface area contributed by atoms with Crippen molar-refractivity contribution < 1.29 is 13.2 Å². The number of hydrogen-bond donors (Lipinski definition) is 2. The summed E-state index contributed by atoms with van der Waals surface area (Å²) in [6, 6.07) is 14.3. The molecular weight excluding hydrogens is 390 g/mol. The van der Waals surface area contributed by atoms with Gasteiger partial charge < -0.3 is 10.3 Å². The molecule has 2 aromatic carbocycles. The summed E-state index contributed by atoms with van der Waals surface area (Å²) in [4.78, 5) is 28.0. The van der Waals surface area contributed by atoms with E-state index in [0.29, 0.717) is 40.7 Å². The summed E-state index contributed by atoms with van der Waals surface area (Å²) in [5.41, 5.74) is 2.31. The zero-order chi connectivity index (χ0) is 20.6. The minimum absolute atomic E-state index is 0.179. The van der Waals surface area contributed by atoms with Crippen molar-refractivity contribution in [2.45, 2.75) is 19.9 Å². The molecule has 2 N–H and O–H groups in total. The van der Waals surface area contributed by atoms with Crippen LogP contribution < -0.4 is 10.9 Å². The maximum atomic E-state index is 13.0. The third-order valence-corrected chi connectivity index (χ3v) is 7.04. The van der Waals surface area contributed by atoms with Gasteiger partial charge in [-0.1, -0.05) is 30.3 Å². The Morgan fingerprint density at radius 2 is 1.97 bits per heavy atom. The molecule has 3 aromatic rings. The van der Waals surface area contributed by atoms with E-state index in [1.807, 2.05) is 12.1 Å². The number of nitrogens with one attached hydrogen (secondary N) is 2. The molecule has 8 heteroatoms. The topological polar surface area (TPSA) is 99.3 Å². The van der Waals surface area contributed by atoms with Gasteiger partial charge in [0.15, 0.2) is 0 Å². The van der Waals surface area contributed by atoms with Crippen molar-refractivity contribution in [3.05, 3.63) is 75.6 Å². The fraction of sp³-hybridized carbons (Fsp3) is 0.238. The monoisotopic (exact) mass is 411 g/mol. The molecule has 1 aromatic heterocycles. The number of nitrogens with zero attached hydrogens (tertiary/aromatic N) is 1. The van der Waals surface area contributed by atoms with Gasteiger partial charge in [0.25, 0.3) is 11.5 Å². The Kier molecular flexibility index (Phi) is 4.97. The lowest BCUT2D eigenvalue weighted by atomic mass is 10.0. The molecule has 29 heavy (non-hydrogen) atoms. The third-order valence-electron chi connectivity index (χ3n) is 5.13. The van der Waals surface area contributed by atoms with Gasteiger partial charge in [0.1, 0.15) is 0 Å². The van der Waals surface area contributed by atoms with Gasteiger partial charge in [0.05, 0.1) is 11.3 Å². The first-order chi connectivity index (χ1) is 13.8. The number of rotatable bonds is 4. The predicted octanol–water partition coefficient (Wildman–Crippen LogP) is 2.62. The molecular formula is C21H21N3O4S. The minimum atomic E-state index is -3.19. The lowest BCUT2D eigenvalue weighted by Crippen LogP contribution is -2.25. The van der Waals surface area contributed by atoms with Crippen LogP contribution in [0.4, 0.5) is 5.69 Å². The highest BCUT2D eigenvalue weighted by molar-refractivity contribution is 7.89. The van der Waals surface area contributed by atoms with Gasteiger partial charge in [-0.15, -0.1) is 0 Å². The van der Waals surface area contributed by atoms with Crippen LogP contribution in [0.15, 0.2) is 53.3 Å². The smallest absolute Gasteiger partial charge is 0.256 e. The SMILES string of the molecule is Cc1c(C(=O)Nc2cccc(CN3CCCS3(=O)=O)c2)c2ccccc2[nH]c1=O. The van der Waals surface area contributed by atoms with Crippen LogP contribution >= 0.6 is 0 Å². The molecule has 0 bridgehead atoms. The Labute approximate surface area is 168 Å². The maximum absolute atomic E-state index is 13.0. The normalized spacial score (nSPS) is 16.2. The summed E-state index contributed by atoms with van der Waals surface area (Å²) >= 11 is 0. The number of pyridine rings is 1. The molecule has 1 amide bonds. The molecule has 0 saturated carbocycles. The second-order valence-electron chi connectivity index (χ2n) is 7.16. The summed E-state index contributed by atoms with van der Waals surface area (Å²) in [7, 11) is -3.19. The molecule has 0 radical (unpaired) electrons. The number of aromatic amines is 1. The van der Waals surface area contributed by atoms with Crippen LogP contribution in [-0.2, 0) is 16.6 Å². The number of para-hydroxylation sites is 1. The molecule has 2 heterocycles. The van der Waals surface area contributed by atoms with E-state index in [-0.39, 0.29) is 23.8 Å². The standard InChI is InChI=1S/C21H21N3O4S/c1-14-19(17-8-2-3-9-18(17)23-20(14)25)21(26)22-16-7-4-6-15(12-16)13-24-10-5-11-29(24,27)28/h2-4,6-9,12H,5,10-11,13H2,1H3,(H,22,26)(H,23,25). The van der Waals surface area contributed by atoms with Crippen molar-refractivity contribution in [3.63, 3.8) is 0 Å². The first-order valence-corrected chi connectivity index (χ1v) is 11.0. The zero-order valence-corrected chi connectivity index (χ0v) is 16.8. The lowest BCUT2D eigenvalue weighted by molar-refractivity contribution is 0.102. The number of sulfonamides is 1. The maximum Gasteiger partial charge on any atom is 0.256 e. The molecule has 1 saturated heterocycles. The number of fused-ring (bicyclic) bond motifs is 1. The van der Waals surface area contributed by atoms with Crippen molar-refractivity contribution in [3.8, 4) is 0 Å². The average Bonchev–Trinajstić information content (AvgIpc) is 3.01. The van der Waals surface area contributed by atoms with Gasteiger partial charge in [-0.05, 0) is 37.1 Å². The Balaban J connectivity index is 1.62. The van der Waals surface area contributed by atoms with E-state index in [2.05, 4.69) is 10.3 Å². The number of aromatic nitrogens is 1. The largest absolute Gasteiger partial charge is 0.322 e. The lowest BCUT2D eigenvalue weighted by Gasteiger charge is -2.15. The van der Waals surface area contributed by atoms with Crippen LogP contribution in [0, 0.1) is 6.92 Å². The average molecular weight is 411 g/mol. The van der Waals surface area contributed by atoms with Gasteiger partial charge in [-0.2, -0.15) is 4.31 Å². The quantitative estimate of drug-likeness (QED) is 0.689. The number of H-pyrrole nitrogens is 1. The van der Waals surface area contributed by atoms with E-state index in [9.17, 15) is 18.0 Å². The van der Waals surface area contributed by atoms with E-state index >= 15 is 0 Å². The van der Waals surface area contributed by atoms with Crippen molar-refractivity contribution >= 4 is 32.5 Å². The van der Waals surface area contributed by atoms with Gasteiger partial charge in [0.2, 0.25) is 10.0 Å². The van der Waals surface area contributed by atoms with E-state index in [4.69, 9.17) is 0 Å². The van der Waals surface area contributed by atoms with E-state index in [0.717, 1.165) is 5.56 Å². The summed E-state index contributed by atoms with van der Waals surface area (Å²) in [6.45, 7) is 2.41. The Hall–Kier alpha value is -2.97. The number of carbonyl (C=O) groups excluding carboxylic acids is 1. The van der Waals surface area contributed by atoms with Gasteiger partial charge in [-0.25, -0.2) is 8.42 Å². The van der Waals surface area contributed by atoms with Crippen LogP contribution in [-0.4, -0.2) is 35.9 Å². The van der Waals surface area contributed by atoms with Crippen LogP contribution in [0.3, 0.4) is 0 Å². The van der Waals surface area contributed by atoms with Crippen molar-refractivity contribution in [2.24, 2.45) is 0 Å². The number of carbonyl (C=O) groups is 1. The summed E-state index contributed by atoms with van der Waals surface area (Å²) in [6.07, 6.45) is 0.633. The summed E-state index contributed by atoms with van der Waals surface area (Å²) < 4.78 is 25.5.